The van der Waals surface area contributed by atoms with Gasteiger partial charge in [0.1, 0.15) is 0 Å². The first-order valence-corrected chi connectivity index (χ1v) is 10.2. The minimum atomic E-state index is -1.39. The van der Waals surface area contributed by atoms with Gasteiger partial charge < -0.3 is 4.74 Å². The molecule has 0 fully saturated rings. The molecule has 0 amide bonds. The smallest absolute Gasteiger partial charge is 0.0900 e. The number of halogens is 1. The topological polar surface area (TPSA) is 9.23 Å². The fraction of sp³-hybridized carbons (Fsp3) is 0.467. The van der Waals surface area contributed by atoms with Crippen LogP contribution < -0.4 is 0 Å². The van der Waals surface area contributed by atoms with Crippen LogP contribution in [0.15, 0.2) is 42.1 Å². The predicted molar refractivity (Wildman–Crippen MR) is 82.7 cm³/mol. The van der Waals surface area contributed by atoms with Gasteiger partial charge in [-0.1, -0.05) is 48.6 Å². The molecule has 0 aliphatic heterocycles. The van der Waals surface area contributed by atoms with Crippen molar-refractivity contribution in [1.82, 2.24) is 0 Å². The van der Waals surface area contributed by atoms with Crippen LogP contribution in [0.3, 0.4) is 0 Å². The highest BCUT2D eigenvalue weighted by atomic mass is 35.5. The summed E-state index contributed by atoms with van der Waals surface area (Å²) in [5.41, 5.74) is 1.99. The zero-order chi connectivity index (χ0) is 13.4. The van der Waals surface area contributed by atoms with Crippen LogP contribution in [0.25, 0.3) is 0 Å². The Morgan fingerprint density at radius 3 is 2.56 bits per heavy atom. The van der Waals surface area contributed by atoms with Crippen molar-refractivity contribution in [2.45, 2.75) is 32.5 Å². The van der Waals surface area contributed by atoms with E-state index in [4.69, 9.17) is 16.3 Å². The summed E-state index contributed by atoms with van der Waals surface area (Å²) in [6, 6.07) is 10.3. The van der Waals surface area contributed by atoms with Crippen LogP contribution in [0.5, 0.6) is 0 Å². The molecule has 0 unspecified atom stereocenters. The molecule has 3 heteroatoms. The molecular formula is C15H23ClOSi. The lowest BCUT2D eigenvalue weighted by molar-refractivity contribution is 0.119. The van der Waals surface area contributed by atoms with Gasteiger partial charge in [0.25, 0.3) is 0 Å². The number of alkyl halides is 1. The van der Waals surface area contributed by atoms with Gasteiger partial charge >= 0.3 is 0 Å². The average Bonchev–Trinajstić information content (AvgIpc) is 2.39. The van der Waals surface area contributed by atoms with E-state index in [0.29, 0.717) is 6.61 Å². The summed E-state index contributed by atoms with van der Waals surface area (Å²) in [5, 5.41) is 1.35. The summed E-state index contributed by atoms with van der Waals surface area (Å²) >= 11 is 5.98. The summed E-state index contributed by atoms with van der Waals surface area (Å²) in [4.78, 5) is 0. The van der Waals surface area contributed by atoms with E-state index < -0.39 is 8.07 Å². The van der Waals surface area contributed by atoms with Crippen molar-refractivity contribution in [3.05, 3.63) is 47.7 Å². The Labute approximate surface area is 117 Å². The molecule has 0 bridgehead atoms. The minimum absolute atomic E-state index is 0.698. The van der Waals surface area contributed by atoms with E-state index in [9.17, 15) is 0 Å². The lowest BCUT2D eigenvalue weighted by atomic mass is 10.2. The fourth-order valence-electron chi connectivity index (χ4n) is 1.58. The molecule has 0 heterocycles. The van der Waals surface area contributed by atoms with Gasteiger partial charge in [0, 0.05) is 12.1 Å². The monoisotopic (exact) mass is 282 g/mol. The maximum atomic E-state index is 5.98. The largest absolute Gasteiger partial charge is 0.377 e. The molecule has 1 aromatic rings. The van der Waals surface area contributed by atoms with E-state index in [-0.39, 0.29) is 0 Å². The van der Waals surface area contributed by atoms with Gasteiger partial charge in [-0.15, -0.1) is 18.2 Å². The van der Waals surface area contributed by atoms with Crippen molar-refractivity contribution in [1.29, 1.82) is 0 Å². The first kappa shape index (κ1) is 15.5. The second kappa shape index (κ2) is 7.77. The average molecular weight is 283 g/mol. The van der Waals surface area contributed by atoms with Crippen molar-refractivity contribution in [3.8, 4) is 0 Å². The summed E-state index contributed by atoms with van der Waals surface area (Å²) < 4.78 is 5.66. The molecule has 0 saturated carbocycles. The molecule has 0 saturated heterocycles. The molecule has 100 valence electrons. The van der Waals surface area contributed by atoms with Gasteiger partial charge in [0.2, 0.25) is 0 Å². The van der Waals surface area contributed by atoms with E-state index in [1.807, 2.05) is 18.2 Å². The Bertz CT molecular complexity index is 362. The Kier molecular flexibility index (Phi) is 6.69. The number of hydrogen-bond donors (Lipinski definition) is 0. The van der Waals surface area contributed by atoms with Crippen molar-refractivity contribution < 1.29 is 4.74 Å². The van der Waals surface area contributed by atoms with Crippen molar-refractivity contribution in [2.24, 2.45) is 0 Å². The third kappa shape index (κ3) is 5.38. The zero-order valence-corrected chi connectivity index (χ0v) is 13.2. The summed E-state index contributed by atoms with van der Waals surface area (Å²) in [5.74, 6) is 0. The molecule has 0 radical (unpaired) electrons. The van der Waals surface area contributed by atoms with Crippen LogP contribution in [0.1, 0.15) is 18.4 Å². The van der Waals surface area contributed by atoms with Gasteiger partial charge in [0.05, 0.1) is 14.7 Å². The van der Waals surface area contributed by atoms with Crippen molar-refractivity contribution >= 4 is 19.7 Å². The second-order valence-corrected chi connectivity index (χ2v) is 10.8. The highest BCUT2D eigenvalue weighted by Crippen LogP contribution is 2.19. The van der Waals surface area contributed by atoms with Crippen molar-refractivity contribution in [3.63, 3.8) is 0 Å². The number of allylic oxidation sites excluding steroid dienone is 1. The van der Waals surface area contributed by atoms with E-state index in [1.54, 1.807) is 0 Å². The van der Waals surface area contributed by atoms with Crippen LogP contribution in [0, 0.1) is 0 Å². The van der Waals surface area contributed by atoms with Crippen molar-refractivity contribution in [2.75, 3.05) is 12.1 Å². The lowest BCUT2D eigenvalue weighted by Gasteiger charge is -2.22. The Morgan fingerprint density at radius 1 is 1.28 bits per heavy atom. The normalized spacial score (nSPS) is 11.5. The molecule has 1 nitrogen and oxygen atoms in total. The first-order valence-electron chi connectivity index (χ1n) is 6.42. The maximum Gasteiger partial charge on any atom is 0.0900 e. The van der Waals surface area contributed by atoms with Gasteiger partial charge in [-0.05, 0) is 18.4 Å². The van der Waals surface area contributed by atoms with E-state index in [0.717, 1.165) is 25.0 Å². The minimum Gasteiger partial charge on any atom is -0.377 e. The summed E-state index contributed by atoms with van der Waals surface area (Å²) in [6.07, 6.45) is 2.08. The molecule has 0 aromatic heterocycles. The number of benzene rings is 1. The molecule has 0 N–H and O–H groups in total. The molecule has 0 aliphatic rings. The van der Waals surface area contributed by atoms with Crippen LogP contribution in [-0.4, -0.2) is 20.2 Å². The third-order valence-electron chi connectivity index (χ3n) is 3.17. The predicted octanol–water partition coefficient (Wildman–Crippen LogP) is 4.57. The van der Waals surface area contributed by atoms with Gasteiger partial charge in [-0.2, -0.15) is 0 Å². The van der Waals surface area contributed by atoms with Gasteiger partial charge in [-0.3, -0.25) is 0 Å². The van der Waals surface area contributed by atoms with E-state index in [2.05, 4.69) is 31.8 Å². The molecule has 1 rings (SSSR count). The zero-order valence-electron chi connectivity index (χ0n) is 11.4. The number of hydrogen-bond acceptors (Lipinski definition) is 1. The molecular weight excluding hydrogens is 260 g/mol. The summed E-state index contributed by atoms with van der Waals surface area (Å²) in [7, 11) is -1.39. The Morgan fingerprint density at radius 2 is 1.94 bits per heavy atom. The van der Waals surface area contributed by atoms with Crippen LogP contribution in [0.2, 0.25) is 13.1 Å². The SMILES string of the molecule is C=C(CCCOCc1ccccc1)[Si](C)(C)CCl. The standard InChI is InChI=1S/C15H23ClOSi/c1-14(18(2,3)13-16)8-7-11-17-12-15-9-5-4-6-10-15/h4-6,9-10H,1,7-8,11-13H2,2-3H3. The quantitative estimate of drug-likeness (QED) is 0.386. The van der Waals surface area contributed by atoms with Gasteiger partial charge in [-0.25, -0.2) is 0 Å². The number of rotatable bonds is 8. The Hall–Kier alpha value is -0.573. The molecule has 0 aliphatic carbocycles. The van der Waals surface area contributed by atoms with E-state index >= 15 is 0 Å². The Balaban J connectivity index is 2.14. The van der Waals surface area contributed by atoms with Crippen LogP contribution >= 0.6 is 11.6 Å². The number of ether oxygens (including phenoxy) is 1. The molecule has 1 aromatic carbocycles. The molecule has 18 heavy (non-hydrogen) atoms. The van der Waals surface area contributed by atoms with Gasteiger partial charge in [0.15, 0.2) is 0 Å². The molecule has 0 atom stereocenters. The lowest BCUT2D eigenvalue weighted by Crippen LogP contribution is -2.31. The third-order valence-corrected chi connectivity index (χ3v) is 8.01. The van der Waals surface area contributed by atoms with Crippen LogP contribution in [0.4, 0.5) is 0 Å². The maximum absolute atomic E-state index is 5.98. The highest BCUT2D eigenvalue weighted by Gasteiger charge is 2.22. The second-order valence-electron chi connectivity index (χ2n) is 5.26. The summed E-state index contributed by atoms with van der Waals surface area (Å²) in [6.45, 7) is 10.2. The molecule has 0 spiro atoms. The highest BCUT2D eigenvalue weighted by molar-refractivity contribution is 6.89. The first-order chi connectivity index (χ1) is 8.56. The van der Waals surface area contributed by atoms with Crippen LogP contribution in [-0.2, 0) is 11.3 Å². The van der Waals surface area contributed by atoms with E-state index in [1.165, 1.54) is 10.8 Å². The fourth-order valence-corrected chi connectivity index (χ4v) is 3.19.